The average molecular weight is 140 g/mol. The first-order chi connectivity index (χ1) is 4.88. The minimum absolute atomic E-state index is 0.818. The number of likely N-dealkylation sites (N-methyl/N-ethyl adjacent to an activating group) is 1. The monoisotopic (exact) mass is 140 g/mol. The predicted octanol–water partition coefficient (Wildman–Crippen LogP) is 0.442. The summed E-state index contributed by atoms with van der Waals surface area (Å²) in [5, 5.41) is 3.57. The Kier molecular flexibility index (Phi) is 1.66. The van der Waals surface area contributed by atoms with Crippen LogP contribution in [0.4, 0.5) is 0 Å². The molecule has 0 aliphatic carbocycles. The summed E-state index contributed by atoms with van der Waals surface area (Å²) < 4.78 is 0. The van der Waals surface area contributed by atoms with Crippen molar-refractivity contribution in [2.24, 2.45) is 0 Å². The molecule has 0 saturated carbocycles. The molecule has 2 heteroatoms. The zero-order chi connectivity index (χ0) is 6.97. The first kappa shape index (κ1) is 6.62. The van der Waals surface area contributed by atoms with Gasteiger partial charge < -0.3 is 10.2 Å². The molecule has 2 heterocycles. The van der Waals surface area contributed by atoms with Crippen LogP contribution in [0.15, 0.2) is 0 Å². The van der Waals surface area contributed by atoms with Crippen LogP contribution >= 0.6 is 0 Å². The van der Waals surface area contributed by atoms with Crippen molar-refractivity contribution < 1.29 is 0 Å². The van der Waals surface area contributed by atoms with Crippen LogP contribution in [-0.2, 0) is 0 Å². The first-order valence-corrected chi connectivity index (χ1v) is 4.31. The van der Waals surface area contributed by atoms with E-state index in [4.69, 9.17) is 0 Å². The summed E-state index contributed by atoms with van der Waals surface area (Å²) >= 11 is 0. The maximum absolute atomic E-state index is 3.57. The fourth-order valence-electron chi connectivity index (χ4n) is 2.27. The van der Waals surface area contributed by atoms with E-state index in [0.717, 1.165) is 12.1 Å². The molecule has 2 fully saturated rings. The van der Waals surface area contributed by atoms with E-state index >= 15 is 0 Å². The molecule has 2 saturated heterocycles. The van der Waals surface area contributed by atoms with Crippen LogP contribution in [0.2, 0.25) is 0 Å². The molecular weight excluding hydrogens is 124 g/mol. The van der Waals surface area contributed by atoms with Crippen molar-refractivity contribution in [3.05, 3.63) is 0 Å². The number of likely N-dealkylation sites (tertiary alicyclic amines) is 1. The lowest BCUT2D eigenvalue weighted by Crippen LogP contribution is -2.45. The Bertz CT molecular complexity index is 122. The molecule has 0 aromatic carbocycles. The smallest absolute Gasteiger partial charge is 0.0247 e. The molecule has 0 spiro atoms. The number of nitrogens with one attached hydrogen (secondary N) is 1. The predicted molar refractivity (Wildman–Crippen MR) is 42.1 cm³/mol. The molecular formula is C8H16N2. The third kappa shape index (κ3) is 0.956. The second-order valence-corrected chi connectivity index (χ2v) is 3.54. The zero-order valence-electron chi connectivity index (χ0n) is 6.64. The van der Waals surface area contributed by atoms with Crippen molar-refractivity contribution in [2.45, 2.75) is 31.3 Å². The molecule has 58 valence electrons. The standard InChI is InChI=1S/C8H16N2/c1-10-6-4-7-8(10)3-2-5-9-7/h7-9H,2-6H2,1H3/t7-,8-/m0/s1. The quantitative estimate of drug-likeness (QED) is 0.525. The Hall–Kier alpha value is -0.0800. The van der Waals surface area contributed by atoms with E-state index in [2.05, 4.69) is 17.3 Å². The van der Waals surface area contributed by atoms with Crippen molar-refractivity contribution in [1.29, 1.82) is 0 Å². The third-order valence-corrected chi connectivity index (χ3v) is 2.91. The summed E-state index contributed by atoms with van der Waals surface area (Å²) in [5.41, 5.74) is 0. The van der Waals surface area contributed by atoms with E-state index in [1.807, 2.05) is 0 Å². The van der Waals surface area contributed by atoms with Crippen LogP contribution in [0, 0.1) is 0 Å². The van der Waals surface area contributed by atoms with Gasteiger partial charge in [-0.2, -0.15) is 0 Å². The highest BCUT2D eigenvalue weighted by molar-refractivity contribution is 4.92. The molecule has 10 heavy (non-hydrogen) atoms. The summed E-state index contributed by atoms with van der Waals surface area (Å²) in [5.74, 6) is 0. The van der Waals surface area contributed by atoms with E-state index in [0.29, 0.717) is 0 Å². The Morgan fingerprint density at radius 1 is 1.40 bits per heavy atom. The van der Waals surface area contributed by atoms with Crippen LogP contribution in [0.25, 0.3) is 0 Å². The molecule has 2 rings (SSSR count). The zero-order valence-corrected chi connectivity index (χ0v) is 6.64. The molecule has 2 aliphatic rings. The SMILES string of the molecule is CN1CC[C@@H]2NCCC[C@@H]21. The third-order valence-electron chi connectivity index (χ3n) is 2.91. The van der Waals surface area contributed by atoms with Crippen molar-refractivity contribution in [1.82, 2.24) is 10.2 Å². The summed E-state index contributed by atoms with van der Waals surface area (Å²) in [7, 11) is 2.25. The van der Waals surface area contributed by atoms with Gasteiger partial charge in [-0.25, -0.2) is 0 Å². The van der Waals surface area contributed by atoms with E-state index in [9.17, 15) is 0 Å². The molecule has 0 unspecified atom stereocenters. The molecule has 0 aromatic heterocycles. The number of rotatable bonds is 0. The average Bonchev–Trinajstić information content (AvgIpc) is 2.34. The Labute approximate surface area is 62.6 Å². The highest BCUT2D eigenvalue weighted by Gasteiger charge is 2.32. The number of nitrogens with zero attached hydrogens (tertiary/aromatic N) is 1. The fourth-order valence-corrected chi connectivity index (χ4v) is 2.27. The number of piperidine rings is 1. The molecule has 0 amide bonds. The lowest BCUT2D eigenvalue weighted by Gasteiger charge is -2.30. The van der Waals surface area contributed by atoms with Crippen LogP contribution in [0.5, 0.6) is 0 Å². The topological polar surface area (TPSA) is 15.3 Å². The van der Waals surface area contributed by atoms with Gasteiger partial charge in [0.1, 0.15) is 0 Å². The van der Waals surface area contributed by atoms with Crippen molar-refractivity contribution in [3.63, 3.8) is 0 Å². The minimum atomic E-state index is 0.818. The van der Waals surface area contributed by atoms with Crippen LogP contribution in [-0.4, -0.2) is 37.1 Å². The maximum atomic E-state index is 3.57. The Morgan fingerprint density at radius 2 is 2.30 bits per heavy atom. The van der Waals surface area contributed by atoms with Gasteiger partial charge in [-0.1, -0.05) is 0 Å². The lowest BCUT2D eigenvalue weighted by atomic mass is 10.00. The van der Waals surface area contributed by atoms with Gasteiger partial charge in [0, 0.05) is 12.1 Å². The Morgan fingerprint density at radius 3 is 3.10 bits per heavy atom. The summed E-state index contributed by atoms with van der Waals surface area (Å²) in [6.45, 7) is 2.54. The molecule has 2 nitrogen and oxygen atoms in total. The van der Waals surface area contributed by atoms with Gasteiger partial charge in [-0.15, -0.1) is 0 Å². The van der Waals surface area contributed by atoms with E-state index < -0.39 is 0 Å². The van der Waals surface area contributed by atoms with Gasteiger partial charge in [0.15, 0.2) is 0 Å². The Balaban J connectivity index is 2.01. The van der Waals surface area contributed by atoms with Crippen LogP contribution < -0.4 is 5.32 Å². The number of hydrogen-bond acceptors (Lipinski definition) is 2. The van der Waals surface area contributed by atoms with E-state index in [-0.39, 0.29) is 0 Å². The largest absolute Gasteiger partial charge is 0.312 e. The van der Waals surface area contributed by atoms with Gasteiger partial charge in [0.05, 0.1) is 0 Å². The van der Waals surface area contributed by atoms with Gasteiger partial charge in [-0.05, 0) is 39.4 Å². The first-order valence-electron chi connectivity index (χ1n) is 4.31. The van der Waals surface area contributed by atoms with Gasteiger partial charge >= 0.3 is 0 Å². The molecule has 0 bridgehead atoms. The number of hydrogen-bond donors (Lipinski definition) is 1. The van der Waals surface area contributed by atoms with Gasteiger partial charge in [0.2, 0.25) is 0 Å². The molecule has 1 N–H and O–H groups in total. The number of fused-ring (bicyclic) bond motifs is 1. The van der Waals surface area contributed by atoms with Gasteiger partial charge in [0.25, 0.3) is 0 Å². The van der Waals surface area contributed by atoms with E-state index in [1.165, 1.54) is 32.4 Å². The summed E-state index contributed by atoms with van der Waals surface area (Å²) in [6, 6.07) is 1.67. The van der Waals surface area contributed by atoms with Crippen LogP contribution in [0.1, 0.15) is 19.3 Å². The molecule has 0 radical (unpaired) electrons. The molecule has 2 atom stereocenters. The minimum Gasteiger partial charge on any atom is -0.312 e. The summed E-state index contributed by atoms with van der Waals surface area (Å²) in [6.07, 6.45) is 4.14. The normalized spacial score (nSPS) is 41.7. The highest BCUT2D eigenvalue weighted by atomic mass is 15.2. The van der Waals surface area contributed by atoms with Crippen molar-refractivity contribution in [2.75, 3.05) is 20.1 Å². The van der Waals surface area contributed by atoms with Crippen LogP contribution in [0.3, 0.4) is 0 Å². The van der Waals surface area contributed by atoms with E-state index in [1.54, 1.807) is 0 Å². The fraction of sp³-hybridized carbons (Fsp3) is 1.00. The second-order valence-electron chi connectivity index (χ2n) is 3.54. The lowest BCUT2D eigenvalue weighted by molar-refractivity contribution is 0.238. The highest BCUT2D eigenvalue weighted by Crippen LogP contribution is 2.22. The van der Waals surface area contributed by atoms with Crippen molar-refractivity contribution in [3.8, 4) is 0 Å². The summed E-state index contributed by atoms with van der Waals surface area (Å²) in [4.78, 5) is 2.50. The van der Waals surface area contributed by atoms with Crippen molar-refractivity contribution >= 4 is 0 Å². The van der Waals surface area contributed by atoms with Gasteiger partial charge in [-0.3, -0.25) is 0 Å². The second kappa shape index (κ2) is 2.51. The molecule has 0 aromatic rings. The molecule has 2 aliphatic heterocycles. The maximum Gasteiger partial charge on any atom is 0.0247 e.